The highest BCUT2D eigenvalue weighted by molar-refractivity contribution is 5.29. The smallest absolute Gasteiger partial charge is 0.243 e. The van der Waals surface area contributed by atoms with E-state index in [0.29, 0.717) is 25.5 Å². The number of nitrogens with two attached hydrogens (primary N) is 1. The van der Waals surface area contributed by atoms with Gasteiger partial charge in [-0.2, -0.15) is 4.98 Å². The fourth-order valence-electron chi connectivity index (χ4n) is 0.980. The van der Waals surface area contributed by atoms with E-state index < -0.39 is 6.10 Å². The van der Waals surface area contributed by atoms with Crippen molar-refractivity contribution in [3.05, 3.63) is 0 Å². The Hall–Kier alpha value is -1.34. The molecule has 0 aliphatic heterocycles. The third kappa shape index (κ3) is 3.58. The van der Waals surface area contributed by atoms with Crippen molar-refractivity contribution in [1.82, 2.24) is 15.2 Å². The molecule has 1 unspecified atom stereocenters. The molecule has 5 N–H and O–H groups in total. The summed E-state index contributed by atoms with van der Waals surface area (Å²) in [6, 6.07) is 0. The number of aliphatic hydroxyl groups is 1. The first-order valence-corrected chi connectivity index (χ1v) is 4.31. The van der Waals surface area contributed by atoms with Crippen LogP contribution in [0.1, 0.15) is 6.42 Å². The van der Waals surface area contributed by atoms with Crippen molar-refractivity contribution in [2.24, 2.45) is 0 Å². The summed E-state index contributed by atoms with van der Waals surface area (Å²) in [5.41, 5.74) is 5.32. The SMILES string of the molecule is COCC(O)CCNc1n[nH]c(N)n1. The molecular formula is C7H15N5O2. The van der Waals surface area contributed by atoms with Gasteiger partial charge in [0.25, 0.3) is 0 Å². The van der Waals surface area contributed by atoms with Crippen LogP contribution in [0.5, 0.6) is 0 Å². The van der Waals surface area contributed by atoms with E-state index in [9.17, 15) is 5.11 Å². The second-order valence-corrected chi connectivity index (χ2v) is 2.87. The zero-order chi connectivity index (χ0) is 10.4. The van der Waals surface area contributed by atoms with Crippen molar-refractivity contribution in [2.45, 2.75) is 12.5 Å². The van der Waals surface area contributed by atoms with Gasteiger partial charge >= 0.3 is 0 Å². The molecule has 1 rings (SSSR count). The first kappa shape index (κ1) is 10.7. The van der Waals surface area contributed by atoms with Gasteiger partial charge in [0.05, 0.1) is 12.7 Å². The molecule has 0 radical (unpaired) electrons. The molecule has 80 valence electrons. The van der Waals surface area contributed by atoms with E-state index in [4.69, 9.17) is 10.5 Å². The lowest BCUT2D eigenvalue weighted by molar-refractivity contribution is 0.0615. The Bertz CT molecular complexity index is 264. The number of aromatic nitrogens is 3. The van der Waals surface area contributed by atoms with Crippen LogP contribution >= 0.6 is 0 Å². The summed E-state index contributed by atoms with van der Waals surface area (Å²) >= 11 is 0. The van der Waals surface area contributed by atoms with Crippen LogP contribution in [0.4, 0.5) is 11.9 Å². The molecule has 14 heavy (non-hydrogen) atoms. The number of H-pyrrole nitrogens is 1. The number of nitrogens with zero attached hydrogens (tertiary/aromatic N) is 2. The topological polar surface area (TPSA) is 109 Å². The van der Waals surface area contributed by atoms with E-state index in [1.54, 1.807) is 7.11 Å². The fourth-order valence-corrected chi connectivity index (χ4v) is 0.980. The second kappa shape index (κ2) is 5.40. The van der Waals surface area contributed by atoms with Crippen LogP contribution in [0.15, 0.2) is 0 Å². The maximum absolute atomic E-state index is 9.29. The third-order valence-electron chi connectivity index (χ3n) is 1.62. The van der Waals surface area contributed by atoms with E-state index >= 15 is 0 Å². The normalized spacial score (nSPS) is 12.7. The molecule has 1 aromatic heterocycles. The minimum atomic E-state index is -0.469. The molecule has 0 aromatic carbocycles. The average molecular weight is 201 g/mol. The van der Waals surface area contributed by atoms with Crippen molar-refractivity contribution in [1.29, 1.82) is 0 Å². The van der Waals surface area contributed by atoms with Crippen LogP contribution in [-0.4, -0.2) is 46.7 Å². The number of aliphatic hydroxyl groups excluding tert-OH is 1. The van der Waals surface area contributed by atoms with Crippen LogP contribution in [0.2, 0.25) is 0 Å². The van der Waals surface area contributed by atoms with Crippen LogP contribution in [0, 0.1) is 0 Å². The summed E-state index contributed by atoms with van der Waals surface area (Å²) in [7, 11) is 1.55. The standard InChI is InChI=1S/C7H15N5O2/c1-14-4-5(13)2-3-9-7-10-6(8)11-12-7/h5,13H,2-4H2,1H3,(H4,8,9,10,11,12). The zero-order valence-electron chi connectivity index (χ0n) is 8.03. The fraction of sp³-hybridized carbons (Fsp3) is 0.714. The summed E-state index contributed by atoms with van der Waals surface area (Å²) in [4.78, 5) is 3.84. The van der Waals surface area contributed by atoms with Crippen molar-refractivity contribution in [3.63, 3.8) is 0 Å². The number of anilines is 2. The lowest BCUT2D eigenvalue weighted by Crippen LogP contribution is -2.18. The number of ether oxygens (including phenoxy) is 1. The first-order valence-electron chi connectivity index (χ1n) is 4.31. The molecule has 1 aromatic rings. The number of hydrogen-bond acceptors (Lipinski definition) is 6. The largest absolute Gasteiger partial charge is 0.391 e. The summed E-state index contributed by atoms with van der Waals surface area (Å²) in [6.45, 7) is 0.902. The van der Waals surface area contributed by atoms with Crippen LogP contribution < -0.4 is 11.1 Å². The van der Waals surface area contributed by atoms with Crippen molar-refractivity contribution >= 4 is 11.9 Å². The molecule has 7 heteroatoms. The van der Waals surface area contributed by atoms with Gasteiger partial charge in [-0.05, 0) is 6.42 Å². The summed E-state index contributed by atoms with van der Waals surface area (Å²) in [5.74, 6) is 0.706. The Morgan fingerprint density at radius 1 is 1.71 bits per heavy atom. The monoisotopic (exact) mass is 201 g/mol. The van der Waals surface area contributed by atoms with E-state index in [0.717, 1.165) is 0 Å². The molecule has 0 bridgehead atoms. The van der Waals surface area contributed by atoms with E-state index in [2.05, 4.69) is 20.5 Å². The van der Waals surface area contributed by atoms with Crippen LogP contribution in [0.3, 0.4) is 0 Å². The molecule has 0 aliphatic carbocycles. The number of hydrogen-bond donors (Lipinski definition) is 4. The van der Waals surface area contributed by atoms with Gasteiger partial charge in [-0.1, -0.05) is 0 Å². The Balaban J connectivity index is 2.15. The van der Waals surface area contributed by atoms with Crippen molar-refractivity contribution < 1.29 is 9.84 Å². The Kier molecular flexibility index (Phi) is 4.14. The average Bonchev–Trinajstić information content (AvgIpc) is 2.52. The van der Waals surface area contributed by atoms with Gasteiger partial charge in [-0.15, -0.1) is 5.10 Å². The molecular weight excluding hydrogens is 186 g/mol. The van der Waals surface area contributed by atoms with Gasteiger partial charge < -0.3 is 20.9 Å². The van der Waals surface area contributed by atoms with Gasteiger partial charge in [-0.25, -0.2) is 5.10 Å². The molecule has 1 atom stereocenters. The van der Waals surface area contributed by atoms with Gasteiger partial charge in [0.1, 0.15) is 0 Å². The molecule has 0 fully saturated rings. The van der Waals surface area contributed by atoms with Gasteiger partial charge in [-0.3, -0.25) is 0 Å². The molecule has 0 aliphatic rings. The Labute approximate surface area is 81.7 Å². The minimum absolute atomic E-state index is 0.268. The summed E-state index contributed by atoms with van der Waals surface area (Å²) in [6.07, 6.45) is 0.103. The first-order chi connectivity index (χ1) is 6.72. The molecule has 0 saturated heterocycles. The highest BCUT2D eigenvalue weighted by Gasteiger charge is 2.03. The maximum Gasteiger partial charge on any atom is 0.243 e. The van der Waals surface area contributed by atoms with Gasteiger partial charge in [0.15, 0.2) is 0 Å². The van der Waals surface area contributed by atoms with Gasteiger partial charge in [0, 0.05) is 13.7 Å². The quantitative estimate of drug-likeness (QED) is 0.479. The summed E-state index contributed by atoms with van der Waals surface area (Å²) in [5, 5.41) is 18.5. The highest BCUT2D eigenvalue weighted by atomic mass is 16.5. The molecule has 1 heterocycles. The van der Waals surface area contributed by atoms with Crippen LogP contribution in [0.25, 0.3) is 0 Å². The summed E-state index contributed by atoms with van der Waals surface area (Å²) < 4.78 is 4.78. The predicted octanol–water partition coefficient (Wildman–Crippen LogP) is -0.804. The number of methoxy groups -OCH3 is 1. The molecule has 0 amide bonds. The van der Waals surface area contributed by atoms with Crippen molar-refractivity contribution in [3.8, 4) is 0 Å². The van der Waals surface area contributed by atoms with Crippen molar-refractivity contribution in [2.75, 3.05) is 31.3 Å². The third-order valence-corrected chi connectivity index (χ3v) is 1.62. The van der Waals surface area contributed by atoms with E-state index in [1.807, 2.05) is 0 Å². The zero-order valence-corrected chi connectivity index (χ0v) is 8.03. The predicted molar refractivity (Wildman–Crippen MR) is 51.8 cm³/mol. The molecule has 0 saturated carbocycles. The van der Waals surface area contributed by atoms with Crippen LogP contribution in [-0.2, 0) is 4.74 Å². The van der Waals surface area contributed by atoms with Gasteiger partial charge in [0.2, 0.25) is 11.9 Å². The molecule has 0 spiro atoms. The lowest BCUT2D eigenvalue weighted by Gasteiger charge is -2.08. The second-order valence-electron chi connectivity index (χ2n) is 2.87. The highest BCUT2D eigenvalue weighted by Crippen LogP contribution is 1.99. The van der Waals surface area contributed by atoms with E-state index in [1.165, 1.54) is 0 Å². The number of nitrogens with one attached hydrogen (secondary N) is 2. The Morgan fingerprint density at radius 3 is 3.07 bits per heavy atom. The van der Waals surface area contributed by atoms with E-state index in [-0.39, 0.29) is 5.95 Å². The maximum atomic E-state index is 9.29. The number of rotatable bonds is 6. The lowest BCUT2D eigenvalue weighted by atomic mass is 10.3. The molecule has 7 nitrogen and oxygen atoms in total. The number of aromatic amines is 1. The minimum Gasteiger partial charge on any atom is -0.391 e. The number of nitrogen functional groups attached to an aromatic ring is 1. The Morgan fingerprint density at radius 2 is 2.50 bits per heavy atom.